The van der Waals surface area contributed by atoms with Crippen LogP contribution in [0.25, 0.3) is 11.0 Å². The van der Waals surface area contributed by atoms with Gasteiger partial charge in [0.05, 0.1) is 11.0 Å². The highest BCUT2D eigenvalue weighted by atomic mass is 16.2. The molecule has 6 nitrogen and oxygen atoms in total. The van der Waals surface area contributed by atoms with Gasteiger partial charge in [0.25, 0.3) is 5.56 Å². The van der Waals surface area contributed by atoms with Crippen molar-refractivity contribution < 1.29 is 4.79 Å². The van der Waals surface area contributed by atoms with E-state index < -0.39 is 0 Å². The Morgan fingerprint density at radius 1 is 1.03 bits per heavy atom. The largest absolute Gasteiger partial charge is 0.352 e. The predicted octanol–water partition coefficient (Wildman–Crippen LogP) is 3.98. The summed E-state index contributed by atoms with van der Waals surface area (Å²) in [5.41, 5.74) is 3.44. The molecule has 1 amide bonds. The van der Waals surface area contributed by atoms with Gasteiger partial charge in [0, 0.05) is 31.7 Å². The number of hydrogen-bond donors (Lipinski definition) is 1. The summed E-state index contributed by atoms with van der Waals surface area (Å²) in [6, 6.07) is 15.5. The Bertz CT molecular complexity index is 1080. The third-order valence-electron chi connectivity index (χ3n) is 5.70. The Kier molecular flexibility index (Phi) is 6.12. The van der Waals surface area contributed by atoms with Gasteiger partial charge < -0.3 is 14.8 Å². The number of aromatic nitrogens is 2. The van der Waals surface area contributed by atoms with Crippen LogP contribution in [0.4, 0.5) is 11.5 Å². The molecule has 2 heterocycles. The Morgan fingerprint density at radius 2 is 1.77 bits per heavy atom. The molecule has 156 valence electrons. The zero-order valence-corrected chi connectivity index (χ0v) is 17.4. The molecule has 1 aliphatic rings. The molecule has 0 atom stereocenters. The topological polar surface area (TPSA) is 67.2 Å². The van der Waals surface area contributed by atoms with Gasteiger partial charge in [-0.2, -0.15) is 0 Å². The molecule has 0 unspecified atom stereocenters. The minimum atomic E-state index is -0.115. The maximum Gasteiger partial charge on any atom is 0.294 e. The van der Waals surface area contributed by atoms with Crippen molar-refractivity contribution >= 4 is 28.4 Å². The Hall–Kier alpha value is -3.15. The molecule has 30 heavy (non-hydrogen) atoms. The smallest absolute Gasteiger partial charge is 0.294 e. The molecule has 0 radical (unpaired) electrons. The van der Waals surface area contributed by atoms with E-state index in [2.05, 4.69) is 22.1 Å². The lowest BCUT2D eigenvalue weighted by atomic mass is 10.1. The van der Waals surface area contributed by atoms with E-state index in [4.69, 9.17) is 0 Å². The Balaban J connectivity index is 1.55. The number of carbonyl (C=O) groups excluding carboxylic acids is 1. The summed E-state index contributed by atoms with van der Waals surface area (Å²) in [4.78, 5) is 32.5. The van der Waals surface area contributed by atoms with Crippen molar-refractivity contribution in [2.24, 2.45) is 0 Å². The highest BCUT2D eigenvalue weighted by Crippen LogP contribution is 2.18. The molecule has 2 aromatic carbocycles. The summed E-state index contributed by atoms with van der Waals surface area (Å²) >= 11 is 0. The van der Waals surface area contributed by atoms with Gasteiger partial charge in [-0.1, -0.05) is 31.2 Å². The van der Waals surface area contributed by atoms with Gasteiger partial charge in [-0.05, 0) is 55.5 Å². The van der Waals surface area contributed by atoms with Crippen molar-refractivity contribution in [2.45, 2.75) is 45.6 Å². The lowest BCUT2D eigenvalue weighted by Crippen LogP contribution is -2.37. The van der Waals surface area contributed by atoms with E-state index in [9.17, 15) is 9.59 Å². The Morgan fingerprint density at radius 3 is 2.50 bits per heavy atom. The fraction of sp³-hybridized carbons (Fsp3) is 0.375. The number of rotatable bonds is 6. The maximum atomic E-state index is 13.3. The van der Waals surface area contributed by atoms with Gasteiger partial charge in [0.15, 0.2) is 5.82 Å². The van der Waals surface area contributed by atoms with Crippen molar-refractivity contribution in [2.75, 3.05) is 23.3 Å². The number of benzene rings is 2. The van der Waals surface area contributed by atoms with Crippen LogP contribution in [0.1, 0.15) is 38.2 Å². The lowest BCUT2D eigenvalue weighted by molar-refractivity contribution is -0.116. The molecule has 3 aromatic rings. The molecule has 4 rings (SSSR count). The number of piperidine rings is 1. The van der Waals surface area contributed by atoms with Crippen LogP contribution in [-0.4, -0.2) is 28.5 Å². The van der Waals surface area contributed by atoms with Crippen LogP contribution in [-0.2, 0) is 17.8 Å². The van der Waals surface area contributed by atoms with E-state index in [0.29, 0.717) is 12.4 Å². The second-order valence-corrected chi connectivity index (χ2v) is 7.78. The second kappa shape index (κ2) is 9.11. The number of amides is 1. The lowest BCUT2D eigenvalue weighted by Gasteiger charge is -2.27. The van der Waals surface area contributed by atoms with Crippen LogP contribution in [0.5, 0.6) is 0 Å². The van der Waals surface area contributed by atoms with Crippen LogP contribution in [0.3, 0.4) is 0 Å². The third kappa shape index (κ3) is 4.37. The predicted molar refractivity (Wildman–Crippen MR) is 121 cm³/mol. The molecule has 1 aliphatic heterocycles. The molecular weight excluding hydrogens is 376 g/mol. The first-order valence-corrected chi connectivity index (χ1v) is 10.8. The summed E-state index contributed by atoms with van der Waals surface area (Å²) in [5.74, 6) is 0.399. The van der Waals surface area contributed by atoms with Gasteiger partial charge in [0.1, 0.15) is 0 Å². The summed E-state index contributed by atoms with van der Waals surface area (Å²) in [6.07, 6.45) is 4.53. The number of nitrogens with one attached hydrogen (secondary N) is 1. The summed E-state index contributed by atoms with van der Waals surface area (Å²) in [5, 5.41) is 2.93. The number of aryl methyl sites for hydroxylation is 2. The normalized spacial score (nSPS) is 14.1. The Labute approximate surface area is 176 Å². The molecule has 0 bridgehead atoms. The quantitative estimate of drug-likeness (QED) is 0.675. The molecule has 1 aromatic heterocycles. The van der Waals surface area contributed by atoms with E-state index in [1.165, 1.54) is 12.0 Å². The first-order chi connectivity index (χ1) is 14.7. The number of carbonyl (C=O) groups is 1. The van der Waals surface area contributed by atoms with Gasteiger partial charge in [-0.25, -0.2) is 4.98 Å². The number of fused-ring (bicyclic) bond motifs is 1. The van der Waals surface area contributed by atoms with Gasteiger partial charge in [-0.3, -0.25) is 9.59 Å². The van der Waals surface area contributed by atoms with E-state index in [0.717, 1.165) is 49.1 Å². The van der Waals surface area contributed by atoms with E-state index in [1.807, 2.05) is 48.5 Å². The van der Waals surface area contributed by atoms with Crippen molar-refractivity contribution in [1.29, 1.82) is 0 Å². The van der Waals surface area contributed by atoms with Gasteiger partial charge in [0.2, 0.25) is 5.91 Å². The number of para-hydroxylation sites is 2. The summed E-state index contributed by atoms with van der Waals surface area (Å²) in [7, 11) is 0. The van der Waals surface area contributed by atoms with Crippen LogP contribution in [0, 0.1) is 0 Å². The van der Waals surface area contributed by atoms with Crippen LogP contribution >= 0.6 is 0 Å². The second-order valence-electron chi connectivity index (χ2n) is 7.78. The molecule has 0 aliphatic carbocycles. The van der Waals surface area contributed by atoms with E-state index >= 15 is 0 Å². The van der Waals surface area contributed by atoms with Crippen LogP contribution < -0.4 is 15.8 Å². The van der Waals surface area contributed by atoms with Crippen LogP contribution in [0.2, 0.25) is 0 Å². The van der Waals surface area contributed by atoms with Gasteiger partial charge >= 0.3 is 0 Å². The number of anilines is 2. The minimum absolute atomic E-state index is 0.105. The first kappa shape index (κ1) is 20.1. The van der Waals surface area contributed by atoms with E-state index in [-0.39, 0.29) is 17.9 Å². The minimum Gasteiger partial charge on any atom is -0.352 e. The summed E-state index contributed by atoms with van der Waals surface area (Å²) < 4.78 is 1.70. The fourth-order valence-electron chi connectivity index (χ4n) is 3.97. The van der Waals surface area contributed by atoms with Gasteiger partial charge in [-0.15, -0.1) is 0 Å². The molecule has 0 spiro atoms. The fourth-order valence-corrected chi connectivity index (χ4v) is 3.97. The highest BCUT2D eigenvalue weighted by molar-refractivity contribution is 5.90. The van der Waals surface area contributed by atoms with Crippen molar-refractivity contribution in [3.05, 3.63) is 64.4 Å². The molecule has 0 saturated carbocycles. The van der Waals surface area contributed by atoms with E-state index in [1.54, 1.807) is 4.57 Å². The zero-order valence-electron chi connectivity index (χ0n) is 17.4. The van der Waals surface area contributed by atoms with Crippen molar-refractivity contribution in [3.63, 3.8) is 0 Å². The summed E-state index contributed by atoms with van der Waals surface area (Å²) in [6.45, 7) is 4.13. The molecule has 1 N–H and O–H groups in total. The average Bonchev–Trinajstić information content (AvgIpc) is 2.79. The highest BCUT2D eigenvalue weighted by Gasteiger charge is 2.19. The molecule has 6 heteroatoms. The average molecular weight is 405 g/mol. The zero-order chi connectivity index (χ0) is 20.9. The van der Waals surface area contributed by atoms with Crippen molar-refractivity contribution in [1.82, 2.24) is 9.55 Å². The van der Waals surface area contributed by atoms with Crippen LogP contribution in [0.15, 0.2) is 53.3 Å². The molecule has 1 fully saturated rings. The molecular formula is C24H28N4O2. The number of hydrogen-bond acceptors (Lipinski definition) is 4. The molecule has 1 saturated heterocycles. The number of nitrogens with zero attached hydrogens (tertiary/aromatic N) is 3. The standard InChI is InChI=1S/C24H28N4O2/c1-2-18-10-12-19(13-11-18)25-22(29)14-17-28-21-9-5-4-8-20(21)26-23(24(28)30)27-15-6-3-7-16-27/h4-5,8-13H,2-3,6-7,14-17H2,1H3,(H,25,29). The first-order valence-electron chi connectivity index (χ1n) is 10.8. The maximum absolute atomic E-state index is 13.3. The SMILES string of the molecule is CCc1ccc(NC(=O)CCn2c(=O)c(N3CCCCC3)nc3ccccc32)cc1. The monoisotopic (exact) mass is 404 g/mol. The third-order valence-corrected chi connectivity index (χ3v) is 5.70. The van der Waals surface area contributed by atoms with Crippen molar-refractivity contribution in [3.8, 4) is 0 Å².